The van der Waals surface area contributed by atoms with Crippen molar-refractivity contribution < 1.29 is 24.1 Å². The maximum atomic E-state index is 10.5. The molecule has 1 aromatic rings. The SMILES string of the molecule is COc1cc2c(cc1CNCC1(O)CNCCOC1)OCCO2. The van der Waals surface area contributed by atoms with E-state index in [1.165, 1.54) is 0 Å². The highest BCUT2D eigenvalue weighted by Crippen LogP contribution is 2.36. The Labute approximate surface area is 135 Å². The topological polar surface area (TPSA) is 81.2 Å². The number of nitrogens with one attached hydrogen (secondary N) is 2. The summed E-state index contributed by atoms with van der Waals surface area (Å²) in [5.41, 5.74) is 0.0558. The second-order valence-electron chi connectivity index (χ2n) is 5.86. The number of methoxy groups -OCH3 is 1. The van der Waals surface area contributed by atoms with E-state index < -0.39 is 5.60 Å². The molecule has 0 radical (unpaired) electrons. The highest BCUT2D eigenvalue weighted by Gasteiger charge is 2.28. The Bertz CT molecular complexity index is 529. The second-order valence-corrected chi connectivity index (χ2v) is 5.86. The van der Waals surface area contributed by atoms with E-state index in [-0.39, 0.29) is 0 Å². The molecule has 0 aliphatic carbocycles. The Morgan fingerprint density at radius 1 is 1.26 bits per heavy atom. The van der Waals surface area contributed by atoms with Crippen LogP contribution in [0.15, 0.2) is 12.1 Å². The molecule has 7 nitrogen and oxygen atoms in total. The molecule has 128 valence electrons. The van der Waals surface area contributed by atoms with Gasteiger partial charge in [-0.1, -0.05) is 0 Å². The third-order valence-corrected chi connectivity index (χ3v) is 3.96. The molecule has 0 saturated carbocycles. The van der Waals surface area contributed by atoms with E-state index in [1.807, 2.05) is 12.1 Å². The third kappa shape index (κ3) is 4.06. The van der Waals surface area contributed by atoms with Crippen LogP contribution in [0.5, 0.6) is 17.2 Å². The monoisotopic (exact) mass is 324 g/mol. The first kappa shape index (κ1) is 16.3. The molecule has 1 unspecified atom stereocenters. The number of fused-ring (bicyclic) bond motifs is 1. The van der Waals surface area contributed by atoms with Crippen molar-refractivity contribution in [3.05, 3.63) is 17.7 Å². The lowest BCUT2D eigenvalue weighted by Gasteiger charge is -2.26. The van der Waals surface area contributed by atoms with Crippen molar-refractivity contribution in [3.63, 3.8) is 0 Å². The summed E-state index contributed by atoms with van der Waals surface area (Å²) in [7, 11) is 1.63. The molecule has 1 saturated heterocycles. The first-order valence-electron chi connectivity index (χ1n) is 7.88. The van der Waals surface area contributed by atoms with Crippen LogP contribution in [-0.2, 0) is 11.3 Å². The predicted molar refractivity (Wildman–Crippen MR) is 84.3 cm³/mol. The molecule has 3 rings (SSSR count). The molecule has 1 fully saturated rings. The quantitative estimate of drug-likeness (QED) is 0.698. The van der Waals surface area contributed by atoms with Crippen LogP contribution in [0.1, 0.15) is 5.56 Å². The van der Waals surface area contributed by atoms with E-state index in [9.17, 15) is 5.11 Å². The Hall–Kier alpha value is -1.54. The molecular weight excluding hydrogens is 300 g/mol. The van der Waals surface area contributed by atoms with Gasteiger partial charge in [-0.3, -0.25) is 0 Å². The van der Waals surface area contributed by atoms with E-state index in [2.05, 4.69) is 10.6 Å². The van der Waals surface area contributed by atoms with Gasteiger partial charge in [-0.2, -0.15) is 0 Å². The average Bonchev–Trinajstić information content (AvgIpc) is 2.79. The fourth-order valence-electron chi connectivity index (χ4n) is 2.76. The van der Waals surface area contributed by atoms with Crippen LogP contribution >= 0.6 is 0 Å². The summed E-state index contributed by atoms with van der Waals surface area (Å²) < 4.78 is 22.0. The minimum atomic E-state index is -0.905. The van der Waals surface area contributed by atoms with Gasteiger partial charge < -0.3 is 34.7 Å². The van der Waals surface area contributed by atoms with Gasteiger partial charge in [-0.25, -0.2) is 0 Å². The van der Waals surface area contributed by atoms with E-state index in [1.54, 1.807) is 7.11 Å². The van der Waals surface area contributed by atoms with Crippen LogP contribution in [0.3, 0.4) is 0 Å². The molecule has 3 N–H and O–H groups in total. The molecule has 0 amide bonds. The van der Waals surface area contributed by atoms with E-state index in [0.29, 0.717) is 51.8 Å². The highest BCUT2D eigenvalue weighted by molar-refractivity contribution is 5.51. The van der Waals surface area contributed by atoms with Crippen molar-refractivity contribution in [2.75, 3.05) is 53.2 Å². The van der Waals surface area contributed by atoms with Crippen molar-refractivity contribution in [3.8, 4) is 17.2 Å². The van der Waals surface area contributed by atoms with Gasteiger partial charge in [0.15, 0.2) is 11.5 Å². The van der Waals surface area contributed by atoms with Crippen LogP contribution in [0, 0.1) is 0 Å². The van der Waals surface area contributed by atoms with E-state index in [4.69, 9.17) is 18.9 Å². The van der Waals surface area contributed by atoms with Gasteiger partial charge in [0.05, 0.1) is 20.3 Å². The van der Waals surface area contributed by atoms with Crippen molar-refractivity contribution in [2.45, 2.75) is 12.1 Å². The van der Waals surface area contributed by atoms with Gasteiger partial charge >= 0.3 is 0 Å². The molecule has 1 aromatic carbocycles. The smallest absolute Gasteiger partial charge is 0.165 e. The molecule has 2 aliphatic rings. The Balaban J connectivity index is 1.63. The maximum Gasteiger partial charge on any atom is 0.165 e. The van der Waals surface area contributed by atoms with Crippen molar-refractivity contribution in [1.82, 2.24) is 10.6 Å². The normalized spacial score (nSPS) is 24.1. The molecule has 2 heterocycles. The summed E-state index contributed by atoms with van der Waals surface area (Å²) in [5, 5.41) is 17.0. The average molecular weight is 324 g/mol. The van der Waals surface area contributed by atoms with Gasteiger partial charge in [-0.15, -0.1) is 0 Å². The number of rotatable bonds is 5. The summed E-state index contributed by atoms with van der Waals surface area (Å²) in [4.78, 5) is 0. The van der Waals surface area contributed by atoms with Gasteiger partial charge in [-0.05, 0) is 6.07 Å². The van der Waals surface area contributed by atoms with Gasteiger partial charge in [0.25, 0.3) is 0 Å². The maximum absolute atomic E-state index is 10.5. The zero-order chi connectivity index (χ0) is 16.1. The van der Waals surface area contributed by atoms with Crippen LogP contribution in [0.2, 0.25) is 0 Å². The van der Waals surface area contributed by atoms with E-state index >= 15 is 0 Å². The summed E-state index contributed by atoms with van der Waals surface area (Å²) in [6.45, 7) is 4.31. The van der Waals surface area contributed by atoms with Gasteiger partial charge in [0.2, 0.25) is 0 Å². The number of ether oxygens (including phenoxy) is 4. The van der Waals surface area contributed by atoms with Crippen LogP contribution in [0.4, 0.5) is 0 Å². The lowest BCUT2D eigenvalue weighted by Crippen LogP contribution is -2.50. The highest BCUT2D eigenvalue weighted by atomic mass is 16.6. The Morgan fingerprint density at radius 3 is 2.83 bits per heavy atom. The number of benzene rings is 1. The summed E-state index contributed by atoms with van der Waals surface area (Å²) in [6, 6.07) is 3.77. The summed E-state index contributed by atoms with van der Waals surface area (Å²) >= 11 is 0. The summed E-state index contributed by atoms with van der Waals surface area (Å²) in [6.07, 6.45) is 0. The molecule has 0 aromatic heterocycles. The molecule has 0 spiro atoms. The number of β-amino-alcohol motifs (C(OH)–C–C–N with tert-alkyl or cyclic N) is 1. The lowest BCUT2D eigenvalue weighted by atomic mass is 10.1. The van der Waals surface area contributed by atoms with Crippen LogP contribution in [0.25, 0.3) is 0 Å². The third-order valence-electron chi connectivity index (χ3n) is 3.96. The Kier molecular flexibility index (Phi) is 5.22. The molecular formula is C16H24N2O5. The fraction of sp³-hybridized carbons (Fsp3) is 0.625. The van der Waals surface area contributed by atoms with Crippen molar-refractivity contribution in [2.24, 2.45) is 0 Å². The molecule has 2 aliphatic heterocycles. The number of aliphatic hydroxyl groups is 1. The fourth-order valence-corrected chi connectivity index (χ4v) is 2.76. The molecule has 23 heavy (non-hydrogen) atoms. The molecule has 0 bridgehead atoms. The Morgan fingerprint density at radius 2 is 2.04 bits per heavy atom. The first-order chi connectivity index (χ1) is 11.2. The first-order valence-corrected chi connectivity index (χ1v) is 7.88. The minimum absolute atomic E-state index is 0.325. The lowest BCUT2D eigenvalue weighted by molar-refractivity contribution is -0.0264. The van der Waals surface area contributed by atoms with Crippen LogP contribution < -0.4 is 24.8 Å². The second kappa shape index (κ2) is 7.35. The zero-order valence-electron chi connectivity index (χ0n) is 13.4. The number of hydrogen-bond donors (Lipinski definition) is 3. The van der Waals surface area contributed by atoms with Crippen molar-refractivity contribution >= 4 is 0 Å². The number of hydrogen-bond acceptors (Lipinski definition) is 7. The van der Waals surface area contributed by atoms with Gasteiger partial charge in [0.1, 0.15) is 24.6 Å². The van der Waals surface area contributed by atoms with Crippen molar-refractivity contribution in [1.29, 1.82) is 0 Å². The van der Waals surface area contributed by atoms with E-state index in [0.717, 1.165) is 23.6 Å². The van der Waals surface area contributed by atoms with Crippen LogP contribution in [-0.4, -0.2) is 63.9 Å². The zero-order valence-corrected chi connectivity index (χ0v) is 13.4. The van der Waals surface area contributed by atoms with Gasteiger partial charge in [0, 0.05) is 37.8 Å². The molecule has 7 heteroatoms. The predicted octanol–water partition coefficient (Wildman–Crippen LogP) is -0.0931. The molecule has 1 atom stereocenters. The largest absolute Gasteiger partial charge is 0.496 e. The minimum Gasteiger partial charge on any atom is -0.496 e. The summed E-state index contributed by atoms with van der Waals surface area (Å²) in [5.74, 6) is 2.17. The standard InChI is InChI=1S/C16H24N2O5/c1-20-13-7-15-14(22-4-5-23-15)6-12(13)8-18-10-16(19)9-17-2-3-21-11-16/h6-7,17-19H,2-5,8-11H2,1H3.